The van der Waals surface area contributed by atoms with Gasteiger partial charge in [0.25, 0.3) is 0 Å². The van der Waals surface area contributed by atoms with Crippen LogP contribution in [0.15, 0.2) is 12.1 Å². The monoisotopic (exact) mass is 415 g/mol. The number of likely N-dealkylation sites (tertiary alicyclic amines) is 1. The lowest BCUT2D eigenvalue weighted by Crippen LogP contribution is -2.48. The number of amides is 2. The Labute approximate surface area is 166 Å². The first-order valence-electron chi connectivity index (χ1n) is 9.09. The lowest BCUT2D eigenvalue weighted by Gasteiger charge is -2.32. The summed E-state index contributed by atoms with van der Waals surface area (Å²) in [6, 6.07) is 2.89. The van der Waals surface area contributed by atoms with Crippen LogP contribution in [0.2, 0.25) is 0 Å². The average molecular weight is 416 g/mol. The van der Waals surface area contributed by atoms with Crippen LogP contribution in [0.25, 0.3) is 0 Å². The van der Waals surface area contributed by atoms with E-state index in [0.717, 1.165) is 0 Å². The van der Waals surface area contributed by atoms with Crippen molar-refractivity contribution in [3.05, 3.63) is 12.1 Å². The fraction of sp³-hybridized carbons (Fsp3) is 0.611. The van der Waals surface area contributed by atoms with E-state index in [2.05, 4.69) is 10.0 Å². The second kappa shape index (κ2) is 9.33. The minimum atomic E-state index is -3.31. The number of hydrogen-bond acceptors (Lipinski definition) is 6. The van der Waals surface area contributed by atoms with Gasteiger partial charge in [0.15, 0.2) is 11.5 Å². The van der Waals surface area contributed by atoms with Crippen molar-refractivity contribution in [1.29, 1.82) is 0 Å². The molecule has 0 unspecified atom stereocenters. The number of carbonyl (C=O) groups excluding carboxylic acids is 1. The van der Waals surface area contributed by atoms with Crippen LogP contribution < -0.4 is 24.2 Å². The van der Waals surface area contributed by atoms with E-state index >= 15 is 0 Å². The molecule has 28 heavy (non-hydrogen) atoms. The third kappa shape index (κ3) is 5.20. The minimum Gasteiger partial charge on any atom is -0.493 e. The number of piperidine rings is 1. The number of benzene rings is 1. The number of ether oxygens (including phenoxy) is 3. The van der Waals surface area contributed by atoms with E-state index in [1.165, 1.54) is 21.3 Å². The van der Waals surface area contributed by atoms with Crippen LogP contribution in [0.3, 0.4) is 0 Å². The molecule has 1 aliphatic heterocycles. The molecule has 0 saturated carbocycles. The lowest BCUT2D eigenvalue weighted by atomic mass is 10.1. The van der Waals surface area contributed by atoms with Crippen molar-refractivity contribution in [2.75, 3.05) is 39.7 Å². The standard InChI is InChI=1S/C18H29N3O6S/c1-12(2)28(23,24)20-13-6-8-21(9-7-13)18(22)19-14-10-15(25-3)17(27-5)16(11-14)26-4/h10-13,20H,6-9H2,1-5H3,(H,19,22). The van der Waals surface area contributed by atoms with Gasteiger partial charge >= 0.3 is 6.03 Å². The number of hydrogen-bond donors (Lipinski definition) is 2. The number of carbonyl (C=O) groups is 1. The van der Waals surface area contributed by atoms with Crippen molar-refractivity contribution >= 4 is 21.7 Å². The summed E-state index contributed by atoms with van der Waals surface area (Å²) in [5.74, 6) is 1.33. The van der Waals surface area contributed by atoms with Crippen LogP contribution in [0.1, 0.15) is 26.7 Å². The molecule has 1 fully saturated rings. The topological polar surface area (TPSA) is 106 Å². The van der Waals surface area contributed by atoms with Crippen LogP contribution in [0, 0.1) is 0 Å². The molecule has 9 nitrogen and oxygen atoms in total. The molecule has 1 aromatic carbocycles. The Kier molecular flexibility index (Phi) is 7.36. The summed E-state index contributed by atoms with van der Waals surface area (Å²) in [5.41, 5.74) is 0.516. The largest absolute Gasteiger partial charge is 0.493 e. The predicted molar refractivity (Wildman–Crippen MR) is 107 cm³/mol. The maximum Gasteiger partial charge on any atom is 0.321 e. The summed E-state index contributed by atoms with van der Waals surface area (Å²) in [6.07, 6.45) is 1.13. The Balaban J connectivity index is 2.00. The zero-order valence-corrected chi connectivity index (χ0v) is 17.8. The second-order valence-corrected chi connectivity index (χ2v) is 9.09. The molecular formula is C18H29N3O6S. The number of urea groups is 1. The zero-order valence-electron chi connectivity index (χ0n) is 16.9. The van der Waals surface area contributed by atoms with Crippen molar-refractivity contribution in [2.24, 2.45) is 0 Å². The highest BCUT2D eigenvalue weighted by Crippen LogP contribution is 2.40. The molecule has 0 aliphatic carbocycles. The van der Waals surface area contributed by atoms with Gasteiger partial charge in [-0.1, -0.05) is 0 Å². The molecule has 1 aromatic rings. The quantitative estimate of drug-likeness (QED) is 0.706. The summed E-state index contributed by atoms with van der Waals surface area (Å²) in [7, 11) is 1.21. The first-order chi connectivity index (χ1) is 13.2. The van der Waals surface area contributed by atoms with Gasteiger partial charge in [-0.05, 0) is 26.7 Å². The molecule has 0 bridgehead atoms. The molecule has 0 radical (unpaired) electrons. The molecule has 1 aliphatic rings. The van der Waals surface area contributed by atoms with Gasteiger partial charge in [-0.2, -0.15) is 0 Å². The van der Waals surface area contributed by atoms with Crippen molar-refractivity contribution < 1.29 is 27.4 Å². The Morgan fingerprint density at radius 1 is 1.07 bits per heavy atom. The van der Waals surface area contributed by atoms with Crippen molar-refractivity contribution in [1.82, 2.24) is 9.62 Å². The van der Waals surface area contributed by atoms with Gasteiger partial charge in [0.05, 0.1) is 32.3 Å². The molecule has 2 N–H and O–H groups in total. The van der Waals surface area contributed by atoms with Crippen LogP contribution in [0.5, 0.6) is 17.2 Å². The van der Waals surface area contributed by atoms with E-state index in [0.29, 0.717) is 48.9 Å². The Morgan fingerprint density at radius 3 is 2.04 bits per heavy atom. The molecule has 1 saturated heterocycles. The molecule has 2 amide bonds. The molecule has 0 spiro atoms. The van der Waals surface area contributed by atoms with Crippen LogP contribution >= 0.6 is 0 Å². The predicted octanol–water partition coefficient (Wildman–Crippen LogP) is 2.04. The van der Waals surface area contributed by atoms with E-state index in [4.69, 9.17) is 14.2 Å². The summed E-state index contributed by atoms with van der Waals surface area (Å²) >= 11 is 0. The van der Waals surface area contributed by atoms with Crippen LogP contribution in [-0.4, -0.2) is 65.1 Å². The minimum absolute atomic E-state index is 0.155. The van der Waals surface area contributed by atoms with Gasteiger partial charge in [0.2, 0.25) is 15.8 Å². The third-order valence-electron chi connectivity index (χ3n) is 4.65. The van der Waals surface area contributed by atoms with E-state index in [1.807, 2.05) is 0 Å². The maximum atomic E-state index is 12.6. The number of nitrogens with one attached hydrogen (secondary N) is 2. The first kappa shape index (κ1) is 22.1. The fourth-order valence-corrected chi connectivity index (χ4v) is 3.90. The number of rotatable bonds is 7. The van der Waals surface area contributed by atoms with Crippen LogP contribution in [-0.2, 0) is 10.0 Å². The van der Waals surface area contributed by atoms with E-state index < -0.39 is 15.3 Å². The van der Waals surface area contributed by atoms with Gasteiger partial charge in [-0.15, -0.1) is 0 Å². The Morgan fingerprint density at radius 2 is 1.61 bits per heavy atom. The van der Waals surface area contributed by atoms with Gasteiger partial charge in [0, 0.05) is 31.3 Å². The Hall–Kier alpha value is -2.20. The van der Waals surface area contributed by atoms with Gasteiger partial charge in [0.1, 0.15) is 0 Å². The summed E-state index contributed by atoms with van der Waals surface area (Å²) in [5, 5.41) is 2.35. The van der Waals surface area contributed by atoms with E-state index in [9.17, 15) is 13.2 Å². The SMILES string of the molecule is COc1cc(NC(=O)N2CCC(NS(=O)(=O)C(C)C)CC2)cc(OC)c1OC. The third-order valence-corrected chi connectivity index (χ3v) is 6.55. The van der Waals surface area contributed by atoms with Crippen molar-refractivity contribution in [3.63, 3.8) is 0 Å². The molecule has 2 rings (SSSR count). The number of anilines is 1. The number of methoxy groups -OCH3 is 3. The highest BCUT2D eigenvalue weighted by Gasteiger charge is 2.27. The smallest absolute Gasteiger partial charge is 0.321 e. The molecule has 10 heteroatoms. The summed E-state index contributed by atoms with van der Waals surface area (Å²) in [6.45, 7) is 4.20. The molecule has 0 aromatic heterocycles. The first-order valence-corrected chi connectivity index (χ1v) is 10.6. The van der Waals surface area contributed by atoms with E-state index in [1.54, 1.807) is 30.9 Å². The van der Waals surface area contributed by atoms with Crippen LogP contribution in [0.4, 0.5) is 10.5 Å². The zero-order chi connectivity index (χ0) is 20.9. The highest BCUT2D eigenvalue weighted by atomic mass is 32.2. The molecule has 1 heterocycles. The van der Waals surface area contributed by atoms with Crippen molar-refractivity contribution in [3.8, 4) is 17.2 Å². The lowest BCUT2D eigenvalue weighted by molar-refractivity contribution is 0.193. The Bertz CT molecular complexity index is 764. The van der Waals surface area contributed by atoms with Gasteiger partial charge in [-0.25, -0.2) is 17.9 Å². The number of sulfonamides is 1. The van der Waals surface area contributed by atoms with Gasteiger partial charge in [-0.3, -0.25) is 0 Å². The van der Waals surface area contributed by atoms with Gasteiger partial charge < -0.3 is 24.4 Å². The number of nitrogens with zero attached hydrogens (tertiary/aromatic N) is 1. The fourth-order valence-electron chi connectivity index (χ4n) is 2.92. The average Bonchev–Trinajstić information content (AvgIpc) is 2.67. The molecule has 0 atom stereocenters. The van der Waals surface area contributed by atoms with E-state index in [-0.39, 0.29) is 12.1 Å². The summed E-state index contributed by atoms with van der Waals surface area (Å²) < 4.78 is 42.5. The second-order valence-electron chi connectivity index (χ2n) is 6.82. The maximum absolute atomic E-state index is 12.6. The summed E-state index contributed by atoms with van der Waals surface area (Å²) in [4.78, 5) is 14.2. The molecular weight excluding hydrogens is 386 g/mol. The van der Waals surface area contributed by atoms with Crippen molar-refractivity contribution in [2.45, 2.75) is 38.0 Å². The normalized spacial score (nSPS) is 15.4. The molecule has 158 valence electrons. The highest BCUT2D eigenvalue weighted by molar-refractivity contribution is 7.90.